The summed E-state index contributed by atoms with van der Waals surface area (Å²) in [4.78, 5) is 0. The third-order valence-electron chi connectivity index (χ3n) is 2.22. The second-order valence-electron chi connectivity index (χ2n) is 3.61. The Labute approximate surface area is 90.9 Å². The Bertz CT molecular complexity index is 287. The molecular weight excluding hydrogens is 190 g/mol. The highest BCUT2D eigenvalue weighted by atomic mass is 16.5. The lowest BCUT2D eigenvalue weighted by atomic mass is 10.1. The number of hydrogen-bond acceptors (Lipinski definition) is 3. The minimum atomic E-state index is -0.0148. The highest BCUT2D eigenvalue weighted by Crippen LogP contribution is 2.23. The van der Waals surface area contributed by atoms with Crippen LogP contribution in [0.1, 0.15) is 31.4 Å². The van der Waals surface area contributed by atoms with Crippen LogP contribution >= 0.6 is 0 Å². The van der Waals surface area contributed by atoms with E-state index >= 15 is 0 Å². The molecule has 1 rings (SSSR count). The fraction of sp³-hybridized carbons (Fsp3) is 0.500. The standard InChI is InChI=1S/C12H19NO2/c1-10(13)11-6-2-3-7-12(11)15-9-5-4-8-14/h2-3,6-7,10,14H,4-5,8-9,13H2,1H3/t10-/m0/s1. The number of hydrogen-bond donors (Lipinski definition) is 2. The van der Waals surface area contributed by atoms with Crippen LogP contribution in [0, 0.1) is 0 Å². The lowest BCUT2D eigenvalue weighted by molar-refractivity contribution is 0.252. The van der Waals surface area contributed by atoms with Crippen LogP contribution in [-0.2, 0) is 0 Å². The first-order valence-corrected chi connectivity index (χ1v) is 5.34. The molecule has 0 fully saturated rings. The molecule has 3 N–H and O–H groups in total. The lowest BCUT2D eigenvalue weighted by Crippen LogP contribution is -2.08. The van der Waals surface area contributed by atoms with E-state index in [-0.39, 0.29) is 12.6 Å². The van der Waals surface area contributed by atoms with Crippen molar-refractivity contribution in [3.8, 4) is 5.75 Å². The SMILES string of the molecule is C[C@H](N)c1ccccc1OCCCCO. The summed E-state index contributed by atoms with van der Waals surface area (Å²) in [5.41, 5.74) is 6.85. The fourth-order valence-corrected chi connectivity index (χ4v) is 1.38. The number of benzene rings is 1. The molecule has 0 saturated heterocycles. The van der Waals surface area contributed by atoms with Crippen LogP contribution in [0.5, 0.6) is 5.75 Å². The van der Waals surface area contributed by atoms with Gasteiger partial charge in [0, 0.05) is 18.2 Å². The number of aliphatic hydroxyl groups is 1. The molecule has 0 aromatic heterocycles. The minimum absolute atomic E-state index is 0.0148. The van der Waals surface area contributed by atoms with E-state index in [0.717, 1.165) is 24.2 Å². The summed E-state index contributed by atoms with van der Waals surface area (Å²) < 4.78 is 5.61. The van der Waals surface area contributed by atoms with Crippen molar-refractivity contribution >= 4 is 0 Å². The van der Waals surface area contributed by atoms with E-state index in [1.165, 1.54) is 0 Å². The molecule has 0 unspecified atom stereocenters. The molecule has 0 aliphatic carbocycles. The molecule has 0 bridgehead atoms. The van der Waals surface area contributed by atoms with Crippen LogP contribution in [0.3, 0.4) is 0 Å². The number of ether oxygens (including phenoxy) is 1. The summed E-state index contributed by atoms with van der Waals surface area (Å²) in [7, 11) is 0. The van der Waals surface area contributed by atoms with Crippen LogP contribution in [0.4, 0.5) is 0 Å². The van der Waals surface area contributed by atoms with E-state index in [9.17, 15) is 0 Å². The van der Waals surface area contributed by atoms with Gasteiger partial charge in [0.05, 0.1) is 6.61 Å². The number of rotatable bonds is 6. The molecule has 3 nitrogen and oxygen atoms in total. The van der Waals surface area contributed by atoms with Crippen molar-refractivity contribution in [2.45, 2.75) is 25.8 Å². The van der Waals surface area contributed by atoms with Gasteiger partial charge in [0.25, 0.3) is 0 Å². The molecule has 0 aliphatic heterocycles. The summed E-state index contributed by atoms with van der Waals surface area (Å²) in [6.07, 6.45) is 1.64. The van der Waals surface area contributed by atoms with E-state index in [1.54, 1.807) is 0 Å². The third-order valence-corrected chi connectivity index (χ3v) is 2.22. The van der Waals surface area contributed by atoms with E-state index in [0.29, 0.717) is 6.61 Å². The topological polar surface area (TPSA) is 55.5 Å². The Kier molecular flexibility index (Phi) is 5.15. The van der Waals surface area contributed by atoms with Crippen LogP contribution in [-0.4, -0.2) is 18.3 Å². The predicted octanol–water partition coefficient (Wildman–Crippen LogP) is 1.86. The molecule has 0 heterocycles. The summed E-state index contributed by atoms with van der Waals surface area (Å²) >= 11 is 0. The Morgan fingerprint density at radius 3 is 2.73 bits per heavy atom. The van der Waals surface area contributed by atoms with Gasteiger partial charge in [0.15, 0.2) is 0 Å². The monoisotopic (exact) mass is 209 g/mol. The first-order valence-electron chi connectivity index (χ1n) is 5.34. The third kappa shape index (κ3) is 3.90. The zero-order chi connectivity index (χ0) is 11.1. The molecule has 84 valence electrons. The number of para-hydroxylation sites is 1. The van der Waals surface area contributed by atoms with Gasteiger partial charge in [-0.15, -0.1) is 0 Å². The Balaban J connectivity index is 2.52. The van der Waals surface area contributed by atoms with Gasteiger partial charge in [-0.1, -0.05) is 18.2 Å². The minimum Gasteiger partial charge on any atom is -0.493 e. The van der Waals surface area contributed by atoms with Gasteiger partial charge in [-0.25, -0.2) is 0 Å². The molecule has 0 aliphatic rings. The largest absolute Gasteiger partial charge is 0.493 e. The summed E-state index contributed by atoms with van der Waals surface area (Å²) in [6.45, 7) is 2.79. The molecule has 1 aromatic carbocycles. The lowest BCUT2D eigenvalue weighted by Gasteiger charge is -2.13. The van der Waals surface area contributed by atoms with E-state index < -0.39 is 0 Å². The maximum absolute atomic E-state index is 8.63. The highest BCUT2D eigenvalue weighted by molar-refractivity contribution is 5.35. The predicted molar refractivity (Wildman–Crippen MR) is 60.9 cm³/mol. The quantitative estimate of drug-likeness (QED) is 0.703. The van der Waals surface area contributed by atoms with Crippen molar-refractivity contribution in [1.29, 1.82) is 0 Å². The zero-order valence-corrected chi connectivity index (χ0v) is 9.15. The summed E-state index contributed by atoms with van der Waals surface area (Å²) in [5, 5.41) is 8.63. The molecule has 3 heteroatoms. The Morgan fingerprint density at radius 1 is 1.33 bits per heavy atom. The van der Waals surface area contributed by atoms with Crippen LogP contribution in [0.2, 0.25) is 0 Å². The summed E-state index contributed by atoms with van der Waals surface area (Å²) in [5.74, 6) is 0.852. The Hall–Kier alpha value is -1.06. The normalized spacial score (nSPS) is 12.5. The van der Waals surface area contributed by atoms with Gasteiger partial charge in [-0.2, -0.15) is 0 Å². The van der Waals surface area contributed by atoms with Crippen molar-refractivity contribution in [3.63, 3.8) is 0 Å². The number of unbranched alkanes of at least 4 members (excludes halogenated alkanes) is 1. The average Bonchev–Trinajstić information content (AvgIpc) is 2.25. The van der Waals surface area contributed by atoms with Gasteiger partial charge in [-0.05, 0) is 25.8 Å². The fourth-order valence-electron chi connectivity index (χ4n) is 1.38. The first-order chi connectivity index (χ1) is 7.25. The number of aliphatic hydroxyl groups excluding tert-OH is 1. The van der Waals surface area contributed by atoms with Crippen molar-refractivity contribution in [1.82, 2.24) is 0 Å². The molecule has 0 spiro atoms. The van der Waals surface area contributed by atoms with E-state index in [2.05, 4.69) is 0 Å². The molecule has 0 amide bonds. The van der Waals surface area contributed by atoms with Gasteiger partial charge >= 0.3 is 0 Å². The molecule has 1 aromatic rings. The van der Waals surface area contributed by atoms with Gasteiger partial charge in [0.1, 0.15) is 5.75 Å². The molecule has 0 saturated carbocycles. The molecule has 1 atom stereocenters. The van der Waals surface area contributed by atoms with Crippen LogP contribution in [0.15, 0.2) is 24.3 Å². The zero-order valence-electron chi connectivity index (χ0n) is 9.15. The van der Waals surface area contributed by atoms with Crippen molar-refractivity contribution in [2.75, 3.05) is 13.2 Å². The van der Waals surface area contributed by atoms with Crippen LogP contribution < -0.4 is 10.5 Å². The molecular formula is C12H19NO2. The van der Waals surface area contributed by atoms with E-state index in [4.69, 9.17) is 15.6 Å². The second kappa shape index (κ2) is 6.43. The molecule has 0 radical (unpaired) electrons. The van der Waals surface area contributed by atoms with Crippen molar-refractivity contribution in [3.05, 3.63) is 29.8 Å². The smallest absolute Gasteiger partial charge is 0.124 e. The maximum Gasteiger partial charge on any atom is 0.124 e. The summed E-state index contributed by atoms with van der Waals surface area (Å²) in [6, 6.07) is 7.79. The average molecular weight is 209 g/mol. The van der Waals surface area contributed by atoms with Crippen LogP contribution in [0.25, 0.3) is 0 Å². The first kappa shape index (κ1) is 12.0. The van der Waals surface area contributed by atoms with Crippen molar-refractivity contribution < 1.29 is 9.84 Å². The Morgan fingerprint density at radius 2 is 2.07 bits per heavy atom. The van der Waals surface area contributed by atoms with Crippen molar-refractivity contribution in [2.24, 2.45) is 5.73 Å². The highest BCUT2D eigenvalue weighted by Gasteiger charge is 2.06. The van der Waals surface area contributed by atoms with E-state index in [1.807, 2.05) is 31.2 Å². The second-order valence-corrected chi connectivity index (χ2v) is 3.61. The maximum atomic E-state index is 8.63. The van der Waals surface area contributed by atoms with Gasteiger partial charge < -0.3 is 15.6 Å². The van der Waals surface area contributed by atoms with Gasteiger partial charge in [0.2, 0.25) is 0 Å². The van der Waals surface area contributed by atoms with Gasteiger partial charge in [-0.3, -0.25) is 0 Å². The number of nitrogens with two attached hydrogens (primary N) is 1. The molecule has 15 heavy (non-hydrogen) atoms.